The summed E-state index contributed by atoms with van der Waals surface area (Å²) in [5, 5.41) is 34.2. The number of rotatable bonds is 12. The molecule has 4 atom stereocenters. The molecule has 2 aromatic carbocycles. The van der Waals surface area contributed by atoms with Crippen molar-refractivity contribution in [3.63, 3.8) is 0 Å². The maximum atomic E-state index is 13.2. The van der Waals surface area contributed by atoms with Crippen LogP contribution < -0.4 is 16.4 Å². The molecule has 13 heteroatoms. The SMILES string of the molecule is NC(Cc1ccc(O)cc1)C(=O)N1CCCC1C(=O)NC(CC(=O)O)C(=O)NC(Cc1c[nH]c2ccccc12)C(=O)O. The molecule has 42 heavy (non-hydrogen) atoms. The molecule has 3 aromatic rings. The van der Waals surface area contributed by atoms with Gasteiger partial charge in [0.1, 0.15) is 23.9 Å². The normalized spacial score (nSPS) is 16.9. The molecular formula is C29H33N5O8. The molecule has 0 radical (unpaired) electrons. The molecule has 1 saturated heterocycles. The molecule has 13 nitrogen and oxygen atoms in total. The van der Waals surface area contributed by atoms with Crippen LogP contribution in [-0.4, -0.2) is 85.6 Å². The Kier molecular flexibility index (Phi) is 9.42. The molecule has 0 spiro atoms. The highest BCUT2D eigenvalue weighted by atomic mass is 16.4. The smallest absolute Gasteiger partial charge is 0.326 e. The minimum Gasteiger partial charge on any atom is -0.508 e. The Hall–Kier alpha value is -4.91. The maximum absolute atomic E-state index is 13.2. The Bertz CT molecular complexity index is 1470. The van der Waals surface area contributed by atoms with Crippen molar-refractivity contribution in [3.05, 3.63) is 65.9 Å². The van der Waals surface area contributed by atoms with E-state index in [1.165, 1.54) is 17.0 Å². The van der Waals surface area contributed by atoms with Gasteiger partial charge in [-0.05, 0) is 48.6 Å². The van der Waals surface area contributed by atoms with Gasteiger partial charge in [0.2, 0.25) is 17.7 Å². The monoisotopic (exact) mass is 579 g/mol. The molecule has 2 heterocycles. The fourth-order valence-electron chi connectivity index (χ4n) is 5.13. The topological polar surface area (TPSA) is 215 Å². The number of nitrogens with two attached hydrogens (primary N) is 1. The molecule has 1 aromatic heterocycles. The number of carboxylic acids is 2. The lowest BCUT2D eigenvalue weighted by Gasteiger charge is -2.28. The lowest BCUT2D eigenvalue weighted by atomic mass is 10.0. The number of phenolic OH excluding ortho intramolecular Hbond substituents is 1. The maximum Gasteiger partial charge on any atom is 0.326 e. The molecular weight excluding hydrogens is 546 g/mol. The molecule has 1 aliphatic heterocycles. The number of carbonyl (C=O) groups is 5. The van der Waals surface area contributed by atoms with E-state index >= 15 is 0 Å². The van der Waals surface area contributed by atoms with E-state index in [1.807, 2.05) is 12.1 Å². The third-order valence-electron chi connectivity index (χ3n) is 7.27. The number of phenols is 1. The summed E-state index contributed by atoms with van der Waals surface area (Å²) < 4.78 is 0. The zero-order valence-corrected chi connectivity index (χ0v) is 22.7. The molecule has 3 amide bonds. The summed E-state index contributed by atoms with van der Waals surface area (Å²) in [4.78, 5) is 67.4. The summed E-state index contributed by atoms with van der Waals surface area (Å²) in [6.45, 7) is 0.252. The van der Waals surface area contributed by atoms with Gasteiger partial charge < -0.3 is 41.6 Å². The lowest BCUT2D eigenvalue weighted by Crippen LogP contribution is -2.57. The number of nitrogens with one attached hydrogen (secondary N) is 3. The first-order valence-corrected chi connectivity index (χ1v) is 13.5. The molecule has 1 aliphatic rings. The van der Waals surface area contributed by atoms with Gasteiger partial charge in [-0.15, -0.1) is 0 Å². The van der Waals surface area contributed by atoms with Crippen LogP contribution in [0.1, 0.15) is 30.4 Å². The minimum atomic E-state index is -1.58. The largest absolute Gasteiger partial charge is 0.508 e. The number of H-pyrrole nitrogens is 1. The number of aromatic nitrogens is 1. The van der Waals surface area contributed by atoms with E-state index in [4.69, 9.17) is 5.73 Å². The van der Waals surface area contributed by atoms with Crippen molar-refractivity contribution in [2.45, 2.75) is 56.3 Å². The molecule has 0 saturated carbocycles. The van der Waals surface area contributed by atoms with E-state index in [2.05, 4.69) is 15.6 Å². The van der Waals surface area contributed by atoms with Crippen molar-refractivity contribution in [1.82, 2.24) is 20.5 Å². The van der Waals surface area contributed by atoms with Crippen LogP contribution in [0.2, 0.25) is 0 Å². The summed E-state index contributed by atoms with van der Waals surface area (Å²) in [7, 11) is 0. The first-order valence-electron chi connectivity index (χ1n) is 13.5. The number of aromatic hydroxyl groups is 1. The quantitative estimate of drug-likeness (QED) is 0.159. The number of aliphatic carboxylic acids is 2. The zero-order chi connectivity index (χ0) is 30.4. The van der Waals surface area contributed by atoms with Crippen molar-refractivity contribution >= 4 is 40.6 Å². The highest BCUT2D eigenvalue weighted by molar-refractivity contribution is 5.96. The summed E-state index contributed by atoms with van der Waals surface area (Å²) in [6.07, 6.45) is 1.71. The summed E-state index contributed by atoms with van der Waals surface area (Å²) in [5.74, 6) is -4.83. The third kappa shape index (κ3) is 7.23. The van der Waals surface area contributed by atoms with Gasteiger partial charge in [-0.1, -0.05) is 30.3 Å². The molecule has 4 unspecified atom stereocenters. The number of amides is 3. The van der Waals surface area contributed by atoms with E-state index in [0.29, 0.717) is 17.5 Å². The average Bonchev–Trinajstić information content (AvgIpc) is 3.60. The number of carbonyl (C=O) groups excluding carboxylic acids is 3. The van der Waals surface area contributed by atoms with Crippen LogP contribution in [0.15, 0.2) is 54.7 Å². The Balaban J connectivity index is 1.42. The minimum absolute atomic E-state index is 0.0718. The van der Waals surface area contributed by atoms with Gasteiger partial charge in [-0.25, -0.2) is 4.79 Å². The second-order valence-electron chi connectivity index (χ2n) is 10.3. The van der Waals surface area contributed by atoms with E-state index < -0.39 is 60.2 Å². The van der Waals surface area contributed by atoms with Crippen LogP contribution in [0.4, 0.5) is 0 Å². The highest BCUT2D eigenvalue weighted by Gasteiger charge is 2.38. The second-order valence-corrected chi connectivity index (χ2v) is 10.3. The zero-order valence-electron chi connectivity index (χ0n) is 22.7. The van der Waals surface area contributed by atoms with Crippen LogP contribution in [0.5, 0.6) is 5.75 Å². The van der Waals surface area contributed by atoms with Crippen molar-refractivity contribution in [2.24, 2.45) is 5.73 Å². The second kappa shape index (κ2) is 13.2. The molecule has 8 N–H and O–H groups in total. The number of nitrogens with zero attached hydrogens (tertiary/aromatic N) is 1. The highest BCUT2D eigenvalue weighted by Crippen LogP contribution is 2.21. The number of benzene rings is 2. The van der Waals surface area contributed by atoms with Gasteiger partial charge in [-0.3, -0.25) is 19.2 Å². The fraction of sp³-hybridized carbons (Fsp3) is 0.345. The van der Waals surface area contributed by atoms with Crippen LogP contribution in [0.25, 0.3) is 10.9 Å². The van der Waals surface area contributed by atoms with Gasteiger partial charge in [-0.2, -0.15) is 0 Å². The molecule has 1 fully saturated rings. The third-order valence-corrected chi connectivity index (χ3v) is 7.27. The van der Waals surface area contributed by atoms with E-state index in [-0.39, 0.29) is 31.6 Å². The molecule has 222 valence electrons. The molecule has 0 aliphatic carbocycles. The van der Waals surface area contributed by atoms with Gasteiger partial charge in [0.15, 0.2) is 0 Å². The van der Waals surface area contributed by atoms with Crippen LogP contribution in [0, 0.1) is 0 Å². The number of carboxylic acid groups (broad SMARTS) is 2. The lowest BCUT2D eigenvalue weighted by molar-refractivity contribution is -0.144. The number of para-hydroxylation sites is 1. The first kappa shape index (κ1) is 30.1. The summed E-state index contributed by atoms with van der Waals surface area (Å²) in [5.41, 5.74) is 8.28. The van der Waals surface area contributed by atoms with Crippen molar-refractivity contribution in [3.8, 4) is 5.75 Å². The van der Waals surface area contributed by atoms with Gasteiger partial charge >= 0.3 is 11.9 Å². The number of hydrogen-bond acceptors (Lipinski definition) is 7. The predicted octanol–water partition coefficient (Wildman–Crippen LogP) is 0.506. The van der Waals surface area contributed by atoms with E-state index in [9.17, 15) is 39.3 Å². The van der Waals surface area contributed by atoms with E-state index in [1.54, 1.807) is 30.5 Å². The van der Waals surface area contributed by atoms with Crippen LogP contribution in [-0.2, 0) is 36.8 Å². The van der Waals surface area contributed by atoms with Gasteiger partial charge in [0.05, 0.1) is 12.5 Å². The Morgan fingerprint density at radius 2 is 1.69 bits per heavy atom. The van der Waals surface area contributed by atoms with Gasteiger partial charge in [0, 0.05) is 30.1 Å². The van der Waals surface area contributed by atoms with Gasteiger partial charge in [0.25, 0.3) is 0 Å². The molecule has 4 rings (SSSR count). The van der Waals surface area contributed by atoms with Crippen LogP contribution >= 0.6 is 0 Å². The van der Waals surface area contributed by atoms with Crippen molar-refractivity contribution in [2.75, 3.05) is 6.54 Å². The summed E-state index contributed by atoms with van der Waals surface area (Å²) in [6, 6.07) is 8.53. The number of fused-ring (bicyclic) bond motifs is 1. The fourth-order valence-corrected chi connectivity index (χ4v) is 5.13. The Labute approximate surface area is 240 Å². The Morgan fingerprint density at radius 1 is 0.976 bits per heavy atom. The standard InChI is InChI=1S/C29H33N5O8/c30-20(12-16-7-9-18(35)10-8-16)28(40)34-11-3-6-24(34)27(39)32-22(14-25(36)37)26(38)33-23(29(41)42)13-17-15-31-21-5-2-1-4-19(17)21/h1-2,4-5,7-10,15,20,22-24,31,35H,3,6,11-14,30H2,(H,32,39)(H,33,38)(H,36,37)(H,41,42). The predicted molar refractivity (Wildman–Crippen MR) is 150 cm³/mol. The van der Waals surface area contributed by atoms with Crippen LogP contribution in [0.3, 0.4) is 0 Å². The number of aromatic amines is 1. The van der Waals surface area contributed by atoms with Crippen molar-refractivity contribution < 1.29 is 39.3 Å². The summed E-state index contributed by atoms with van der Waals surface area (Å²) >= 11 is 0. The Morgan fingerprint density at radius 3 is 2.38 bits per heavy atom. The van der Waals surface area contributed by atoms with Crippen molar-refractivity contribution in [1.29, 1.82) is 0 Å². The number of likely N-dealkylation sites (tertiary alicyclic amines) is 1. The molecule has 0 bridgehead atoms. The first-order chi connectivity index (χ1) is 20.0. The average molecular weight is 580 g/mol. The number of hydrogen-bond donors (Lipinski definition) is 7. The van der Waals surface area contributed by atoms with E-state index in [0.717, 1.165) is 10.9 Å².